The number of carbonyl (C=O) groups excluding carboxylic acids is 2. The van der Waals surface area contributed by atoms with Crippen molar-refractivity contribution >= 4 is 33.5 Å². The molecule has 2 aromatic carbocycles. The second-order valence-electron chi connectivity index (χ2n) is 11.8. The molecule has 44 heavy (non-hydrogen) atoms. The van der Waals surface area contributed by atoms with Gasteiger partial charge in [-0.05, 0) is 76.9 Å². The van der Waals surface area contributed by atoms with Gasteiger partial charge in [-0.3, -0.25) is 9.59 Å². The van der Waals surface area contributed by atoms with E-state index in [1.807, 2.05) is 16.7 Å². The summed E-state index contributed by atoms with van der Waals surface area (Å²) >= 11 is 0. The van der Waals surface area contributed by atoms with Crippen molar-refractivity contribution in [3.63, 3.8) is 0 Å². The molecule has 0 unspecified atom stereocenters. The Balaban J connectivity index is 1.45. The lowest BCUT2D eigenvalue weighted by Gasteiger charge is -2.36. The molecule has 2 heterocycles. The molecule has 0 radical (unpaired) electrons. The van der Waals surface area contributed by atoms with Crippen molar-refractivity contribution in [2.24, 2.45) is 0 Å². The molecule has 236 valence electrons. The topological polar surface area (TPSA) is 134 Å². The molecule has 0 bridgehead atoms. The zero-order chi connectivity index (χ0) is 32.2. The number of esters is 1. The van der Waals surface area contributed by atoms with Gasteiger partial charge in [-0.1, -0.05) is 17.7 Å². The zero-order valence-electron chi connectivity index (χ0n) is 25.8. The van der Waals surface area contributed by atoms with Crippen molar-refractivity contribution in [3.8, 4) is 0 Å². The normalized spacial score (nSPS) is 14.7. The van der Waals surface area contributed by atoms with E-state index < -0.39 is 45.9 Å². The van der Waals surface area contributed by atoms with Crippen LogP contribution in [0, 0.1) is 26.6 Å². The van der Waals surface area contributed by atoms with Gasteiger partial charge in [0.2, 0.25) is 16.0 Å². The molecule has 1 amide bonds. The summed E-state index contributed by atoms with van der Waals surface area (Å²) < 4.78 is 49.9. The summed E-state index contributed by atoms with van der Waals surface area (Å²) in [5, 5.41) is 2.56. The Morgan fingerprint density at radius 2 is 1.57 bits per heavy atom. The summed E-state index contributed by atoms with van der Waals surface area (Å²) in [5.41, 5.74) is 1.42. The first kappa shape index (κ1) is 32.8. The highest BCUT2D eigenvalue weighted by atomic mass is 32.2. The van der Waals surface area contributed by atoms with E-state index >= 15 is 4.39 Å². The molecule has 2 N–H and O–H groups in total. The first-order valence-corrected chi connectivity index (χ1v) is 15.8. The molecule has 13 heteroatoms. The number of benzene rings is 2. The summed E-state index contributed by atoms with van der Waals surface area (Å²) in [6, 6.07) is 7.95. The van der Waals surface area contributed by atoms with Gasteiger partial charge in [0.1, 0.15) is 17.5 Å². The third-order valence-electron chi connectivity index (χ3n) is 6.99. The Morgan fingerprint density at radius 3 is 2.14 bits per heavy atom. The van der Waals surface area contributed by atoms with E-state index in [0.717, 1.165) is 11.6 Å². The largest absolute Gasteiger partial charge is 0.459 e. The summed E-state index contributed by atoms with van der Waals surface area (Å²) in [6.07, 6.45) is 3.35. The SMILES string of the molecule is Cc1cc(C)c(S(=O)(=O)N[C@@H](CNC(=O)c2ccc(N3CCN(c4ncccn4)CC3)c(F)c2)C(=O)OC(C)(C)C)c(C)c1. The average molecular weight is 627 g/mol. The van der Waals surface area contributed by atoms with E-state index in [1.165, 1.54) is 12.1 Å². The summed E-state index contributed by atoms with van der Waals surface area (Å²) in [6.45, 7) is 12.1. The number of anilines is 2. The molecule has 3 aromatic rings. The molecule has 0 saturated carbocycles. The number of halogens is 1. The maximum atomic E-state index is 15.2. The number of sulfonamides is 1. The molecule has 1 atom stereocenters. The zero-order valence-corrected chi connectivity index (χ0v) is 26.7. The number of aryl methyl sites for hydroxylation is 3. The third kappa shape index (κ3) is 8.08. The second-order valence-corrected chi connectivity index (χ2v) is 13.5. The number of hydrogen-bond donors (Lipinski definition) is 2. The highest BCUT2D eigenvalue weighted by Gasteiger charge is 2.32. The number of hydrogen-bond acceptors (Lipinski definition) is 9. The Kier molecular flexibility index (Phi) is 9.89. The van der Waals surface area contributed by atoms with Crippen molar-refractivity contribution in [2.45, 2.75) is 58.1 Å². The molecular weight excluding hydrogens is 587 g/mol. The van der Waals surface area contributed by atoms with Crippen molar-refractivity contribution in [1.29, 1.82) is 0 Å². The van der Waals surface area contributed by atoms with Crippen LogP contribution in [0.2, 0.25) is 0 Å². The van der Waals surface area contributed by atoms with E-state index in [1.54, 1.807) is 65.2 Å². The van der Waals surface area contributed by atoms with Gasteiger partial charge in [-0.15, -0.1) is 0 Å². The third-order valence-corrected chi connectivity index (χ3v) is 8.77. The van der Waals surface area contributed by atoms with Crippen LogP contribution in [-0.2, 0) is 19.6 Å². The van der Waals surface area contributed by atoms with Crippen LogP contribution >= 0.6 is 0 Å². The van der Waals surface area contributed by atoms with Crippen LogP contribution in [0.4, 0.5) is 16.0 Å². The van der Waals surface area contributed by atoms with E-state index in [9.17, 15) is 18.0 Å². The molecule has 11 nitrogen and oxygen atoms in total. The Hall–Kier alpha value is -4.10. The summed E-state index contributed by atoms with van der Waals surface area (Å²) in [5.74, 6) is -1.48. The molecule has 1 aromatic heterocycles. The smallest absolute Gasteiger partial charge is 0.326 e. The van der Waals surface area contributed by atoms with Gasteiger partial charge in [-0.25, -0.2) is 22.8 Å². The minimum absolute atomic E-state index is 0.0265. The lowest BCUT2D eigenvalue weighted by molar-refractivity contribution is -0.156. The average Bonchev–Trinajstić information content (AvgIpc) is 2.94. The maximum Gasteiger partial charge on any atom is 0.326 e. The monoisotopic (exact) mass is 626 g/mol. The van der Waals surface area contributed by atoms with Crippen LogP contribution in [0.25, 0.3) is 0 Å². The van der Waals surface area contributed by atoms with Gasteiger partial charge in [-0.2, -0.15) is 4.72 Å². The molecule has 1 saturated heterocycles. The summed E-state index contributed by atoms with van der Waals surface area (Å²) in [4.78, 5) is 38.6. The number of nitrogens with one attached hydrogen (secondary N) is 2. The Labute approximate surface area is 257 Å². The first-order chi connectivity index (χ1) is 20.6. The fourth-order valence-electron chi connectivity index (χ4n) is 5.19. The number of nitrogens with zero attached hydrogens (tertiary/aromatic N) is 4. The lowest BCUT2D eigenvalue weighted by Crippen LogP contribution is -2.50. The van der Waals surface area contributed by atoms with Gasteiger partial charge in [0, 0.05) is 50.7 Å². The minimum atomic E-state index is -4.18. The number of aromatic nitrogens is 2. The predicted molar refractivity (Wildman–Crippen MR) is 166 cm³/mol. The van der Waals surface area contributed by atoms with Gasteiger partial charge in [0.25, 0.3) is 5.91 Å². The second kappa shape index (κ2) is 13.3. The van der Waals surface area contributed by atoms with Crippen LogP contribution in [0.1, 0.15) is 47.8 Å². The molecular formula is C31H39FN6O5S. The van der Waals surface area contributed by atoms with Crippen LogP contribution in [0.3, 0.4) is 0 Å². The Bertz CT molecular complexity index is 1600. The molecule has 0 aliphatic carbocycles. The highest BCUT2D eigenvalue weighted by molar-refractivity contribution is 7.89. The number of amides is 1. The van der Waals surface area contributed by atoms with Crippen LogP contribution < -0.4 is 19.8 Å². The van der Waals surface area contributed by atoms with Gasteiger partial charge in [0.05, 0.1) is 10.6 Å². The molecule has 1 aliphatic rings. The van der Waals surface area contributed by atoms with Crippen molar-refractivity contribution in [1.82, 2.24) is 20.0 Å². The quantitative estimate of drug-likeness (QED) is 0.343. The minimum Gasteiger partial charge on any atom is -0.459 e. The lowest BCUT2D eigenvalue weighted by atomic mass is 10.1. The van der Waals surface area contributed by atoms with Crippen molar-refractivity contribution in [3.05, 3.63) is 76.9 Å². The molecule has 1 fully saturated rings. The maximum absolute atomic E-state index is 15.2. The molecule has 4 rings (SSSR count). The van der Waals surface area contributed by atoms with Gasteiger partial charge < -0.3 is 19.9 Å². The van der Waals surface area contributed by atoms with Crippen LogP contribution in [0.15, 0.2) is 53.7 Å². The number of carbonyl (C=O) groups is 2. The Morgan fingerprint density at radius 1 is 0.977 bits per heavy atom. The first-order valence-electron chi connectivity index (χ1n) is 14.3. The van der Waals surface area contributed by atoms with Gasteiger partial charge >= 0.3 is 5.97 Å². The fraction of sp³-hybridized carbons (Fsp3) is 0.419. The van der Waals surface area contributed by atoms with E-state index in [0.29, 0.717) is 48.9 Å². The van der Waals surface area contributed by atoms with Crippen molar-refractivity contribution < 1.29 is 27.1 Å². The van der Waals surface area contributed by atoms with Crippen molar-refractivity contribution in [2.75, 3.05) is 42.5 Å². The number of piperazine rings is 1. The van der Waals surface area contributed by atoms with E-state index in [-0.39, 0.29) is 10.5 Å². The van der Waals surface area contributed by atoms with Crippen LogP contribution in [-0.4, -0.2) is 74.6 Å². The van der Waals surface area contributed by atoms with E-state index in [4.69, 9.17) is 4.74 Å². The highest BCUT2D eigenvalue weighted by Crippen LogP contribution is 2.24. The van der Waals surface area contributed by atoms with Crippen LogP contribution in [0.5, 0.6) is 0 Å². The van der Waals surface area contributed by atoms with E-state index in [2.05, 4.69) is 20.0 Å². The van der Waals surface area contributed by atoms with Gasteiger partial charge in [0.15, 0.2) is 0 Å². The molecule has 1 aliphatic heterocycles. The number of ether oxygens (including phenoxy) is 1. The number of rotatable bonds is 9. The predicted octanol–water partition coefficient (Wildman–Crippen LogP) is 3.29. The fourth-order valence-corrected chi connectivity index (χ4v) is 6.82. The standard InChI is InChI=1S/C31H39FN6O5S/c1-20-16-21(2)27(22(3)17-20)44(41,42)36-25(29(40)43-31(4,5)6)19-35-28(39)23-8-9-26(24(32)18-23)37-12-14-38(15-13-37)30-33-10-7-11-34-30/h7-11,16-18,25,36H,12-15,19H2,1-6H3,(H,35,39)/t25-/m0/s1. The summed E-state index contributed by atoms with van der Waals surface area (Å²) in [7, 11) is -4.18. The molecule has 0 spiro atoms.